The quantitative estimate of drug-likeness (QED) is 0.197. The highest BCUT2D eigenvalue weighted by atomic mass is 16.5. The van der Waals surface area contributed by atoms with Crippen LogP contribution in [0.15, 0.2) is 39.6 Å². The number of aromatic hydroxyl groups is 1. The lowest BCUT2D eigenvalue weighted by atomic mass is 10.1. The van der Waals surface area contributed by atoms with Crippen LogP contribution in [0.25, 0.3) is 11.0 Å². The molecule has 0 atom stereocenters. The van der Waals surface area contributed by atoms with E-state index in [1.54, 1.807) is 18.2 Å². The molecule has 0 bridgehead atoms. The zero-order valence-corrected chi connectivity index (χ0v) is 18.5. The number of ether oxygens (including phenoxy) is 2. The number of phenolic OH excluding ortho intramolecular Hbond substituents is 1. The second-order valence-electron chi connectivity index (χ2n) is 7.54. The first-order chi connectivity index (χ1) is 14.7. The Bertz CT molecular complexity index is 837. The molecule has 166 valence electrons. The molecule has 0 saturated carbocycles. The van der Waals surface area contributed by atoms with Gasteiger partial charge in [-0.25, -0.2) is 4.79 Å². The Morgan fingerprint density at radius 1 is 0.900 bits per heavy atom. The maximum absolute atomic E-state index is 12.5. The standard InChI is InChI=1S/C25H36O5/c1-3-5-7-9-10-11-12-14-18-28-23-22-20(26)16-15-17-21(22)30-25(27)24(23)29-19-13-8-6-4-2/h6,8,15-17,26H,3-5,7,9-14,18-19H2,1-2H3/b8-6+. The molecule has 0 fully saturated rings. The van der Waals surface area contributed by atoms with Crippen LogP contribution in [0.2, 0.25) is 0 Å². The number of hydrogen-bond donors (Lipinski definition) is 1. The minimum Gasteiger partial charge on any atom is -0.507 e. The third-order valence-electron chi connectivity index (χ3n) is 5.00. The zero-order valence-electron chi connectivity index (χ0n) is 18.5. The first-order valence-corrected chi connectivity index (χ1v) is 11.4. The lowest BCUT2D eigenvalue weighted by molar-refractivity contribution is 0.257. The third-order valence-corrected chi connectivity index (χ3v) is 5.00. The highest BCUT2D eigenvalue weighted by Crippen LogP contribution is 2.38. The van der Waals surface area contributed by atoms with Gasteiger partial charge in [0, 0.05) is 0 Å². The summed E-state index contributed by atoms with van der Waals surface area (Å²) >= 11 is 0. The average Bonchev–Trinajstić information content (AvgIpc) is 2.73. The minimum atomic E-state index is -0.585. The fraction of sp³-hybridized carbons (Fsp3) is 0.560. The minimum absolute atomic E-state index is 0.0119. The maximum atomic E-state index is 12.5. The highest BCUT2D eigenvalue weighted by Gasteiger charge is 2.20. The molecule has 1 N–H and O–H groups in total. The predicted octanol–water partition coefficient (Wildman–Crippen LogP) is 6.75. The van der Waals surface area contributed by atoms with Crippen LogP contribution in [0.1, 0.15) is 78.1 Å². The first-order valence-electron chi connectivity index (χ1n) is 11.4. The molecular formula is C25H36O5. The Morgan fingerprint density at radius 3 is 2.33 bits per heavy atom. The second-order valence-corrected chi connectivity index (χ2v) is 7.54. The number of benzene rings is 1. The van der Waals surface area contributed by atoms with Gasteiger partial charge in [-0.3, -0.25) is 0 Å². The van der Waals surface area contributed by atoms with Gasteiger partial charge in [0.2, 0.25) is 5.75 Å². The summed E-state index contributed by atoms with van der Waals surface area (Å²) in [6.07, 6.45) is 15.3. The Hall–Kier alpha value is -2.43. The molecule has 0 unspecified atom stereocenters. The molecule has 2 aromatic rings. The largest absolute Gasteiger partial charge is 0.507 e. The fourth-order valence-corrected chi connectivity index (χ4v) is 3.37. The van der Waals surface area contributed by atoms with Crippen LogP contribution in [0, 0.1) is 0 Å². The molecule has 2 rings (SSSR count). The van der Waals surface area contributed by atoms with Gasteiger partial charge >= 0.3 is 5.63 Å². The van der Waals surface area contributed by atoms with Gasteiger partial charge in [0.05, 0.1) is 13.2 Å². The molecule has 0 aliphatic rings. The van der Waals surface area contributed by atoms with Crippen molar-refractivity contribution < 1.29 is 19.0 Å². The Labute approximate surface area is 179 Å². The van der Waals surface area contributed by atoms with Crippen molar-refractivity contribution in [2.45, 2.75) is 78.1 Å². The van der Waals surface area contributed by atoms with Gasteiger partial charge in [0.15, 0.2) is 5.75 Å². The van der Waals surface area contributed by atoms with Crippen LogP contribution in [0.4, 0.5) is 0 Å². The van der Waals surface area contributed by atoms with Crippen molar-refractivity contribution in [3.63, 3.8) is 0 Å². The Morgan fingerprint density at radius 2 is 1.60 bits per heavy atom. The third kappa shape index (κ3) is 7.43. The van der Waals surface area contributed by atoms with Crippen molar-refractivity contribution in [1.29, 1.82) is 0 Å². The van der Waals surface area contributed by atoms with E-state index in [4.69, 9.17) is 13.9 Å². The number of allylic oxidation sites excluding steroid dienone is 1. The molecule has 30 heavy (non-hydrogen) atoms. The van der Waals surface area contributed by atoms with Gasteiger partial charge < -0.3 is 19.0 Å². The molecule has 0 saturated heterocycles. The van der Waals surface area contributed by atoms with Gasteiger partial charge in [-0.15, -0.1) is 0 Å². The maximum Gasteiger partial charge on any atom is 0.383 e. The molecular weight excluding hydrogens is 380 g/mol. The van der Waals surface area contributed by atoms with Crippen molar-refractivity contribution in [2.75, 3.05) is 13.2 Å². The summed E-state index contributed by atoms with van der Waals surface area (Å²) in [4.78, 5) is 12.5. The Kier molecular flexibility index (Phi) is 10.9. The van der Waals surface area contributed by atoms with E-state index in [0.717, 1.165) is 19.3 Å². The lowest BCUT2D eigenvalue weighted by Crippen LogP contribution is -2.11. The zero-order chi connectivity index (χ0) is 21.6. The Balaban J connectivity index is 2.02. The molecule has 5 heteroatoms. The van der Waals surface area contributed by atoms with E-state index in [2.05, 4.69) is 19.9 Å². The summed E-state index contributed by atoms with van der Waals surface area (Å²) in [5.41, 5.74) is -0.289. The molecule has 5 nitrogen and oxygen atoms in total. The number of phenols is 1. The molecule has 0 amide bonds. The van der Waals surface area contributed by atoms with E-state index in [1.165, 1.54) is 38.5 Å². The van der Waals surface area contributed by atoms with Crippen LogP contribution < -0.4 is 15.1 Å². The van der Waals surface area contributed by atoms with Gasteiger partial charge in [-0.05, 0) is 31.4 Å². The monoisotopic (exact) mass is 416 g/mol. The SMILES string of the molecule is CC/C=C/CCOc1c(OCCCCCCCCCC)c2c(O)cccc2oc1=O. The summed E-state index contributed by atoms with van der Waals surface area (Å²) in [6, 6.07) is 4.84. The lowest BCUT2D eigenvalue weighted by Gasteiger charge is -2.14. The highest BCUT2D eigenvalue weighted by molar-refractivity contribution is 5.91. The number of hydrogen-bond acceptors (Lipinski definition) is 5. The van der Waals surface area contributed by atoms with Gasteiger partial charge in [-0.2, -0.15) is 0 Å². The van der Waals surface area contributed by atoms with Crippen LogP contribution >= 0.6 is 0 Å². The average molecular weight is 417 g/mol. The number of unbranched alkanes of at least 4 members (excludes halogenated alkanes) is 7. The molecule has 0 radical (unpaired) electrons. The van der Waals surface area contributed by atoms with Gasteiger partial charge in [0.1, 0.15) is 16.7 Å². The van der Waals surface area contributed by atoms with Crippen LogP contribution in [-0.4, -0.2) is 18.3 Å². The van der Waals surface area contributed by atoms with Crippen LogP contribution in [0.3, 0.4) is 0 Å². The first kappa shape index (κ1) is 23.8. The normalized spacial score (nSPS) is 11.4. The fourth-order valence-electron chi connectivity index (χ4n) is 3.37. The summed E-state index contributed by atoms with van der Waals surface area (Å²) < 4.78 is 17.0. The predicted molar refractivity (Wildman–Crippen MR) is 122 cm³/mol. The van der Waals surface area contributed by atoms with E-state index < -0.39 is 5.63 Å². The summed E-state index contributed by atoms with van der Waals surface area (Å²) in [5, 5.41) is 10.7. The molecule has 1 heterocycles. The summed E-state index contributed by atoms with van der Waals surface area (Å²) in [6.45, 7) is 5.10. The smallest absolute Gasteiger partial charge is 0.383 e. The molecule has 1 aromatic heterocycles. The van der Waals surface area contributed by atoms with Crippen molar-refractivity contribution >= 4 is 11.0 Å². The van der Waals surface area contributed by atoms with E-state index in [1.807, 2.05) is 6.08 Å². The molecule has 1 aromatic carbocycles. The van der Waals surface area contributed by atoms with E-state index in [0.29, 0.717) is 30.6 Å². The van der Waals surface area contributed by atoms with Crippen molar-refractivity contribution in [2.24, 2.45) is 0 Å². The molecule has 0 aliphatic carbocycles. The van der Waals surface area contributed by atoms with Gasteiger partial charge in [0.25, 0.3) is 0 Å². The van der Waals surface area contributed by atoms with Gasteiger partial charge in [-0.1, -0.05) is 77.0 Å². The van der Waals surface area contributed by atoms with Crippen molar-refractivity contribution in [3.05, 3.63) is 40.8 Å². The van der Waals surface area contributed by atoms with Crippen molar-refractivity contribution in [1.82, 2.24) is 0 Å². The molecule has 0 spiro atoms. The molecule has 0 aliphatic heterocycles. The van der Waals surface area contributed by atoms with Crippen LogP contribution in [0.5, 0.6) is 17.2 Å². The van der Waals surface area contributed by atoms with Crippen molar-refractivity contribution in [3.8, 4) is 17.2 Å². The summed E-state index contributed by atoms with van der Waals surface area (Å²) in [5.74, 6) is 0.327. The second kappa shape index (κ2) is 13.7. The van der Waals surface area contributed by atoms with Crippen LogP contribution in [-0.2, 0) is 0 Å². The topological polar surface area (TPSA) is 68.9 Å². The van der Waals surface area contributed by atoms with E-state index >= 15 is 0 Å². The number of fused-ring (bicyclic) bond motifs is 1. The van der Waals surface area contributed by atoms with E-state index in [-0.39, 0.29) is 17.2 Å². The van der Waals surface area contributed by atoms with E-state index in [9.17, 15) is 9.90 Å². The summed E-state index contributed by atoms with van der Waals surface area (Å²) in [7, 11) is 0. The number of rotatable bonds is 15.